The summed E-state index contributed by atoms with van der Waals surface area (Å²) in [6.45, 7) is 0. The van der Waals surface area contributed by atoms with Crippen LogP contribution in [0.1, 0.15) is 9.75 Å². The maximum atomic E-state index is 9.05. The predicted molar refractivity (Wildman–Crippen MR) is 69.8 cm³/mol. The van der Waals surface area contributed by atoms with E-state index in [1.54, 1.807) is 22.7 Å². The minimum Gasteiger partial charge on any atom is -0.192 e. The van der Waals surface area contributed by atoms with Crippen molar-refractivity contribution in [3.63, 3.8) is 0 Å². The van der Waals surface area contributed by atoms with Gasteiger partial charge in [0.25, 0.3) is 0 Å². The lowest BCUT2D eigenvalue weighted by Gasteiger charge is -1.91. The number of thiophene rings is 2. The Morgan fingerprint density at radius 1 is 1.40 bits per heavy atom. The van der Waals surface area contributed by atoms with Gasteiger partial charge in [0.1, 0.15) is 6.07 Å². The monoisotopic (exact) mass is 295 g/mol. The van der Waals surface area contributed by atoms with E-state index in [2.05, 4.69) is 22.0 Å². The molecule has 0 aliphatic carbocycles. The fraction of sp³-hybridized carbons (Fsp3) is 0. The molecule has 0 saturated carbocycles. The van der Waals surface area contributed by atoms with E-state index in [0.717, 1.165) is 19.1 Å². The Morgan fingerprint density at radius 2 is 2.27 bits per heavy atom. The van der Waals surface area contributed by atoms with Gasteiger partial charge in [0.05, 0.1) is 9.36 Å². The minimum absolute atomic E-state index is 0.722. The van der Waals surface area contributed by atoms with E-state index in [1.807, 2.05) is 35.7 Å². The molecule has 15 heavy (non-hydrogen) atoms. The van der Waals surface area contributed by atoms with Crippen LogP contribution < -0.4 is 0 Å². The van der Waals surface area contributed by atoms with Gasteiger partial charge in [-0.25, -0.2) is 0 Å². The van der Waals surface area contributed by atoms with E-state index in [-0.39, 0.29) is 0 Å². The maximum Gasteiger partial charge on any atom is 0.101 e. The molecule has 0 saturated heterocycles. The van der Waals surface area contributed by atoms with Gasteiger partial charge in [-0.05, 0) is 45.6 Å². The van der Waals surface area contributed by atoms with Crippen LogP contribution in [-0.4, -0.2) is 0 Å². The van der Waals surface area contributed by atoms with Gasteiger partial charge in [-0.1, -0.05) is 6.07 Å². The van der Waals surface area contributed by atoms with E-state index in [1.165, 1.54) is 0 Å². The van der Waals surface area contributed by atoms with Crippen molar-refractivity contribution in [3.05, 3.63) is 43.2 Å². The van der Waals surface area contributed by atoms with Crippen molar-refractivity contribution in [2.45, 2.75) is 0 Å². The maximum absolute atomic E-state index is 9.05. The van der Waals surface area contributed by atoms with Crippen molar-refractivity contribution in [2.24, 2.45) is 0 Å². The van der Waals surface area contributed by atoms with Crippen molar-refractivity contribution in [2.75, 3.05) is 0 Å². The van der Waals surface area contributed by atoms with E-state index >= 15 is 0 Å². The summed E-state index contributed by atoms with van der Waals surface area (Å²) >= 11 is 6.61. The second-order valence-corrected chi connectivity index (χ2v) is 6.23. The van der Waals surface area contributed by atoms with Crippen LogP contribution in [0.3, 0.4) is 0 Å². The number of nitriles is 1. The lowest BCUT2D eigenvalue weighted by Crippen LogP contribution is -1.72. The number of rotatable bonds is 2. The average molecular weight is 296 g/mol. The summed E-state index contributed by atoms with van der Waals surface area (Å²) < 4.78 is 1.08. The lowest BCUT2D eigenvalue weighted by molar-refractivity contribution is 1.54. The Kier molecular flexibility index (Phi) is 3.37. The molecule has 0 aliphatic rings. The molecule has 0 spiro atoms. The van der Waals surface area contributed by atoms with Crippen LogP contribution in [0.2, 0.25) is 0 Å². The summed E-state index contributed by atoms with van der Waals surface area (Å²) in [6, 6.07) is 10.1. The van der Waals surface area contributed by atoms with Crippen LogP contribution in [0.5, 0.6) is 0 Å². The summed E-state index contributed by atoms with van der Waals surface area (Å²) in [5, 5.41) is 11.0. The van der Waals surface area contributed by atoms with Crippen molar-refractivity contribution in [3.8, 4) is 6.07 Å². The molecule has 2 heterocycles. The van der Waals surface area contributed by atoms with Crippen LogP contribution in [0.25, 0.3) is 11.6 Å². The highest BCUT2D eigenvalue weighted by Gasteiger charge is 2.02. The molecule has 2 aromatic heterocycles. The molecular weight excluding hydrogens is 290 g/mol. The summed E-state index contributed by atoms with van der Waals surface area (Å²) in [5.74, 6) is 0. The molecule has 74 valence electrons. The highest BCUT2D eigenvalue weighted by atomic mass is 79.9. The van der Waals surface area contributed by atoms with Gasteiger partial charge in [-0.2, -0.15) is 5.26 Å². The highest BCUT2D eigenvalue weighted by Crippen LogP contribution is 2.27. The predicted octanol–water partition coefficient (Wildman–Crippen LogP) is 4.64. The largest absolute Gasteiger partial charge is 0.192 e. The van der Waals surface area contributed by atoms with Gasteiger partial charge >= 0.3 is 0 Å². The number of nitrogens with zero attached hydrogens (tertiary/aromatic N) is 1. The molecular formula is C11H6BrNS2. The zero-order valence-corrected chi connectivity index (χ0v) is 10.8. The molecule has 0 fully saturated rings. The van der Waals surface area contributed by atoms with Gasteiger partial charge in [-0.15, -0.1) is 22.7 Å². The zero-order valence-electron chi connectivity index (χ0n) is 7.61. The normalized spacial score (nSPS) is 11.3. The first-order chi connectivity index (χ1) is 7.29. The van der Waals surface area contributed by atoms with Gasteiger partial charge in [-0.3, -0.25) is 0 Å². The summed E-state index contributed by atoms with van der Waals surface area (Å²) in [4.78, 5) is 2.11. The highest BCUT2D eigenvalue weighted by molar-refractivity contribution is 9.11. The molecule has 0 bridgehead atoms. The first-order valence-electron chi connectivity index (χ1n) is 4.20. The molecule has 0 aromatic carbocycles. The quantitative estimate of drug-likeness (QED) is 0.741. The van der Waals surface area contributed by atoms with Crippen molar-refractivity contribution in [1.82, 2.24) is 0 Å². The third-order valence-electron chi connectivity index (χ3n) is 1.79. The summed E-state index contributed by atoms with van der Waals surface area (Å²) in [5.41, 5.74) is 0.722. The number of allylic oxidation sites excluding steroid dienone is 1. The second-order valence-electron chi connectivity index (χ2n) is 2.79. The minimum atomic E-state index is 0.722. The van der Waals surface area contributed by atoms with Crippen molar-refractivity contribution in [1.29, 1.82) is 5.26 Å². The molecule has 0 radical (unpaired) electrons. The first kappa shape index (κ1) is 10.6. The molecule has 0 N–H and O–H groups in total. The molecule has 0 unspecified atom stereocenters. The van der Waals surface area contributed by atoms with Gasteiger partial charge < -0.3 is 0 Å². The SMILES string of the molecule is N#C/C(=C\c1ccc(Br)s1)c1cccs1. The van der Waals surface area contributed by atoms with Gasteiger partial charge in [0.2, 0.25) is 0 Å². The Balaban J connectivity index is 2.36. The second kappa shape index (κ2) is 4.75. The Hall–Kier alpha value is -0.890. The van der Waals surface area contributed by atoms with Crippen molar-refractivity contribution >= 4 is 50.3 Å². The third kappa shape index (κ3) is 2.57. The number of hydrogen-bond donors (Lipinski definition) is 0. The molecule has 0 aliphatic heterocycles. The van der Waals surface area contributed by atoms with Gasteiger partial charge in [0, 0.05) is 9.75 Å². The molecule has 4 heteroatoms. The average Bonchev–Trinajstić information content (AvgIpc) is 2.85. The van der Waals surface area contributed by atoms with E-state index < -0.39 is 0 Å². The lowest BCUT2D eigenvalue weighted by atomic mass is 10.2. The molecule has 0 atom stereocenters. The van der Waals surface area contributed by atoms with Crippen LogP contribution in [0.15, 0.2) is 33.4 Å². The molecule has 1 nitrogen and oxygen atoms in total. The molecule has 2 aromatic rings. The van der Waals surface area contributed by atoms with E-state index in [9.17, 15) is 0 Å². The first-order valence-corrected chi connectivity index (χ1v) is 6.69. The van der Waals surface area contributed by atoms with E-state index in [4.69, 9.17) is 5.26 Å². The standard InChI is InChI=1S/C11H6BrNS2/c12-11-4-3-9(15-11)6-8(7-13)10-2-1-5-14-10/h1-6H/b8-6+. The zero-order chi connectivity index (χ0) is 10.7. The fourth-order valence-corrected chi connectivity index (χ4v) is 3.20. The fourth-order valence-electron chi connectivity index (χ4n) is 1.14. The summed E-state index contributed by atoms with van der Waals surface area (Å²) in [6.07, 6.45) is 1.92. The van der Waals surface area contributed by atoms with Gasteiger partial charge in [0.15, 0.2) is 0 Å². The topological polar surface area (TPSA) is 23.8 Å². The smallest absolute Gasteiger partial charge is 0.101 e. The number of halogens is 1. The van der Waals surface area contributed by atoms with E-state index in [0.29, 0.717) is 0 Å². The summed E-state index contributed by atoms with van der Waals surface area (Å²) in [7, 11) is 0. The molecule has 2 rings (SSSR count). The van der Waals surface area contributed by atoms with Crippen LogP contribution in [-0.2, 0) is 0 Å². The Morgan fingerprint density at radius 3 is 2.80 bits per heavy atom. The number of hydrogen-bond acceptors (Lipinski definition) is 3. The van der Waals surface area contributed by atoms with Crippen molar-refractivity contribution < 1.29 is 0 Å². The molecule has 0 amide bonds. The van der Waals surface area contributed by atoms with Crippen LogP contribution in [0.4, 0.5) is 0 Å². The Labute approximate surface area is 104 Å². The third-order valence-corrected chi connectivity index (χ3v) is 4.26. The van der Waals surface area contributed by atoms with Crippen LogP contribution >= 0.6 is 38.6 Å². The Bertz CT molecular complexity index is 517. The van der Waals surface area contributed by atoms with Crippen LogP contribution in [0, 0.1) is 11.3 Å².